The first-order valence-electron chi connectivity index (χ1n) is 22.2. The van der Waals surface area contributed by atoms with Gasteiger partial charge in [0, 0.05) is 19.3 Å². The highest BCUT2D eigenvalue weighted by atomic mass is 16.6. The van der Waals surface area contributed by atoms with E-state index in [0.29, 0.717) is 19.3 Å². The molecule has 0 N–H and O–H groups in total. The van der Waals surface area contributed by atoms with Crippen LogP contribution in [0.4, 0.5) is 0 Å². The third-order valence-corrected chi connectivity index (χ3v) is 9.97. The molecule has 0 aromatic carbocycles. The average Bonchev–Trinajstić information content (AvgIpc) is 3.09. The standard InChI is InChI=1S/C45H86O6/c1-6-7-8-23-30-35-43(46)49-38-42(39-50-44(47)36-31-26-21-18-14-16-20-25-29-34-41(4)5)51-45(48)37-32-27-22-17-13-11-9-10-12-15-19-24-28-33-40(2)3/h40-42H,6-39H2,1-5H3/t42-/m1/s1. The van der Waals surface area contributed by atoms with Crippen LogP contribution in [0.3, 0.4) is 0 Å². The Morgan fingerprint density at radius 1 is 0.373 bits per heavy atom. The highest BCUT2D eigenvalue weighted by Gasteiger charge is 2.19. The summed E-state index contributed by atoms with van der Waals surface area (Å²) >= 11 is 0. The Balaban J connectivity index is 4.19. The molecular weight excluding hydrogens is 636 g/mol. The molecule has 1 atom stereocenters. The number of rotatable bonds is 39. The summed E-state index contributed by atoms with van der Waals surface area (Å²) in [5, 5.41) is 0. The molecule has 51 heavy (non-hydrogen) atoms. The van der Waals surface area contributed by atoms with E-state index in [1.807, 2.05) is 0 Å². The normalized spacial score (nSPS) is 12.1. The smallest absolute Gasteiger partial charge is 0.306 e. The van der Waals surface area contributed by atoms with E-state index < -0.39 is 6.10 Å². The van der Waals surface area contributed by atoms with Gasteiger partial charge in [-0.2, -0.15) is 0 Å². The van der Waals surface area contributed by atoms with Gasteiger partial charge in [-0.15, -0.1) is 0 Å². The minimum atomic E-state index is -0.758. The summed E-state index contributed by atoms with van der Waals surface area (Å²) in [5.74, 6) is 0.774. The van der Waals surface area contributed by atoms with E-state index in [0.717, 1.165) is 76.0 Å². The van der Waals surface area contributed by atoms with Crippen LogP contribution in [0, 0.1) is 11.8 Å². The summed E-state index contributed by atoms with van der Waals surface area (Å²) in [6.45, 7) is 11.2. The SMILES string of the molecule is CCCCCCCC(=O)OC[C@H](COC(=O)CCCCCCCCCCCC(C)C)OC(=O)CCCCCCCCCCCCCCCC(C)C. The van der Waals surface area contributed by atoms with Gasteiger partial charge in [-0.25, -0.2) is 0 Å². The van der Waals surface area contributed by atoms with Gasteiger partial charge in [-0.3, -0.25) is 14.4 Å². The van der Waals surface area contributed by atoms with Gasteiger partial charge >= 0.3 is 17.9 Å². The number of unbranched alkanes of at least 4 members (excludes halogenated alkanes) is 24. The molecule has 0 spiro atoms. The summed E-state index contributed by atoms with van der Waals surface area (Å²) in [7, 11) is 0. The molecule has 6 heteroatoms. The van der Waals surface area contributed by atoms with E-state index in [2.05, 4.69) is 34.6 Å². The monoisotopic (exact) mass is 723 g/mol. The zero-order valence-electron chi connectivity index (χ0n) is 34.7. The molecule has 0 aliphatic carbocycles. The maximum absolute atomic E-state index is 12.7. The predicted octanol–water partition coefficient (Wildman–Crippen LogP) is 13.8. The van der Waals surface area contributed by atoms with Crippen LogP contribution in [0.2, 0.25) is 0 Å². The van der Waals surface area contributed by atoms with Crippen molar-refractivity contribution in [3.8, 4) is 0 Å². The molecular formula is C45H86O6. The third kappa shape index (κ3) is 39.5. The lowest BCUT2D eigenvalue weighted by atomic mass is 10.0. The lowest BCUT2D eigenvalue weighted by molar-refractivity contribution is -0.167. The number of carbonyl (C=O) groups is 3. The van der Waals surface area contributed by atoms with Crippen molar-refractivity contribution >= 4 is 17.9 Å². The molecule has 0 amide bonds. The van der Waals surface area contributed by atoms with Crippen LogP contribution in [0.15, 0.2) is 0 Å². The van der Waals surface area contributed by atoms with Crippen LogP contribution in [0.1, 0.15) is 240 Å². The van der Waals surface area contributed by atoms with Crippen molar-refractivity contribution in [3.05, 3.63) is 0 Å². The Morgan fingerprint density at radius 2 is 0.647 bits per heavy atom. The van der Waals surface area contributed by atoms with Crippen molar-refractivity contribution in [3.63, 3.8) is 0 Å². The van der Waals surface area contributed by atoms with E-state index in [4.69, 9.17) is 14.2 Å². The van der Waals surface area contributed by atoms with Crippen molar-refractivity contribution in [1.82, 2.24) is 0 Å². The van der Waals surface area contributed by atoms with Gasteiger partial charge < -0.3 is 14.2 Å². The summed E-state index contributed by atoms with van der Waals surface area (Å²) in [5.41, 5.74) is 0. The Hall–Kier alpha value is -1.59. The van der Waals surface area contributed by atoms with Crippen LogP contribution in [-0.2, 0) is 28.6 Å². The lowest BCUT2D eigenvalue weighted by Gasteiger charge is -2.18. The summed E-state index contributed by atoms with van der Waals surface area (Å²) in [6, 6.07) is 0. The predicted molar refractivity (Wildman–Crippen MR) is 215 cm³/mol. The zero-order valence-corrected chi connectivity index (χ0v) is 34.7. The summed E-state index contributed by atoms with van der Waals surface area (Å²) < 4.78 is 16.6. The van der Waals surface area contributed by atoms with Crippen LogP contribution in [0.5, 0.6) is 0 Å². The number of carbonyl (C=O) groups excluding carboxylic acids is 3. The van der Waals surface area contributed by atoms with E-state index in [-0.39, 0.29) is 31.1 Å². The Bertz CT molecular complexity index is 779. The van der Waals surface area contributed by atoms with Gasteiger partial charge in [0.25, 0.3) is 0 Å². The van der Waals surface area contributed by atoms with Crippen LogP contribution in [0.25, 0.3) is 0 Å². The van der Waals surface area contributed by atoms with E-state index in [1.165, 1.54) is 122 Å². The summed E-state index contributed by atoms with van der Waals surface area (Å²) in [6.07, 6.45) is 35.5. The first-order chi connectivity index (χ1) is 24.7. The lowest BCUT2D eigenvalue weighted by Crippen LogP contribution is -2.30. The Labute approximate surface area is 317 Å². The molecule has 0 saturated carbocycles. The van der Waals surface area contributed by atoms with Gasteiger partial charge in [0.1, 0.15) is 13.2 Å². The molecule has 0 fully saturated rings. The largest absolute Gasteiger partial charge is 0.462 e. The highest BCUT2D eigenvalue weighted by Crippen LogP contribution is 2.16. The highest BCUT2D eigenvalue weighted by molar-refractivity contribution is 5.71. The molecule has 0 bridgehead atoms. The van der Waals surface area contributed by atoms with Crippen molar-refractivity contribution in [2.24, 2.45) is 11.8 Å². The average molecular weight is 723 g/mol. The second-order valence-corrected chi connectivity index (χ2v) is 16.3. The Kier molecular flexibility index (Phi) is 37.0. The molecule has 6 nitrogen and oxygen atoms in total. The molecule has 0 saturated heterocycles. The second kappa shape index (κ2) is 38.1. The van der Waals surface area contributed by atoms with Gasteiger partial charge in [-0.1, -0.05) is 202 Å². The van der Waals surface area contributed by atoms with Crippen molar-refractivity contribution < 1.29 is 28.6 Å². The molecule has 302 valence electrons. The summed E-state index contributed by atoms with van der Waals surface area (Å²) in [4.78, 5) is 37.4. The first-order valence-corrected chi connectivity index (χ1v) is 22.2. The minimum absolute atomic E-state index is 0.0662. The third-order valence-electron chi connectivity index (χ3n) is 9.97. The zero-order chi connectivity index (χ0) is 37.6. The maximum Gasteiger partial charge on any atom is 0.306 e. The maximum atomic E-state index is 12.7. The van der Waals surface area contributed by atoms with Crippen LogP contribution < -0.4 is 0 Å². The van der Waals surface area contributed by atoms with Crippen LogP contribution in [-0.4, -0.2) is 37.2 Å². The minimum Gasteiger partial charge on any atom is -0.462 e. The fraction of sp³-hybridized carbons (Fsp3) is 0.933. The molecule has 0 heterocycles. The fourth-order valence-corrected chi connectivity index (χ4v) is 6.58. The molecule has 0 aromatic rings. The molecule has 0 aliphatic rings. The molecule has 0 aliphatic heterocycles. The Morgan fingerprint density at radius 3 is 0.961 bits per heavy atom. The number of hydrogen-bond donors (Lipinski definition) is 0. The van der Waals surface area contributed by atoms with Gasteiger partial charge in [0.2, 0.25) is 0 Å². The van der Waals surface area contributed by atoms with E-state index in [9.17, 15) is 14.4 Å². The van der Waals surface area contributed by atoms with Crippen molar-refractivity contribution in [2.75, 3.05) is 13.2 Å². The van der Waals surface area contributed by atoms with Crippen molar-refractivity contribution in [1.29, 1.82) is 0 Å². The molecule has 0 aromatic heterocycles. The molecule has 0 unspecified atom stereocenters. The van der Waals surface area contributed by atoms with Crippen LogP contribution >= 0.6 is 0 Å². The number of esters is 3. The first kappa shape index (κ1) is 49.4. The van der Waals surface area contributed by atoms with Crippen molar-refractivity contribution in [2.45, 2.75) is 246 Å². The van der Waals surface area contributed by atoms with Gasteiger partial charge in [0.15, 0.2) is 6.10 Å². The second-order valence-electron chi connectivity index (χ2n) is 16.3. The van der Waals surface area contributed by atoms with Gasteiger partial charge in [0.05, 0.1) is 0 Å². The van der Waals surface area contributed by atoms with E-state index in [1.54, 1.807) is 0 Å². The van der Waals surface area contributed by atoms with Gasteiger partial charge in [-0.05, 0) is 31.1 Å². The fourth-order valence-electron chi connectivity index (χ4n) is 6.58. The quantitative estimate of drug-likeness (QED) is 0.0357. The molecule has 0 rings (SSSR count). The van der Waals surface area contributed by atoms with E-state index >= 15 is 0 Å². The molecule has 0 radical (unpaired) electrons. The topological polar surface area (TPSA) is 78.9 Å². The number of hydrogen-bond acceptors (Lipinski definition) is 6. The number of ether oxygens (including phenoxy) is 3.